The number of nitrogens with one attached hydrogen (secondary N) is 3. The van der Waals surface area contributed by atoms with E-state index in [2.05, 4.69) is 20.0 Å². The quantitative estimate of drug-likeness (QED) is 0.648. The molecule has 114 valence electrons. The van der Waals surface area contributed by atoms with E-state index < -0.39 is 10.0 Å². The number of rotatable bonds is 8. The Bertz CT molecular complexity index is 636. The van der Waals surface area contributed by atoms with Crippen LogP contribution in [0.2, 0.25) is 0 Å². The highest BCUT2D eigenvalue weighted by Crippen LogP contribution is 2.13. The predicted molar refractivity (Wildman–Crippen MR) is 82.7 cm³/mol. The minimum absolute atomic E-state index is 0.283. The molecule has 0 atom stereocenters. The van der Waals surface area contributed by atoms with Crippen molar-refractivity contribution in [3.63, 3.8) is 0 Å². The van der Waals surface area contributed by atoms with Crippen LogP contribution in [0.1, 0.15) is 19.2 Å². The van der Waals surface area contributed by atoms with Crippen molar-refractivity contribution in [3.05, 3.63) is 42.5 Å². The summed E-state index contributed by atoms with van der Waals surface area (Å²) in [4.78, 5) is 7.50. The summed E-state index contributed by atoms with van der Waals surface area (Å²) in [6.07, 6.45) is 5.39. The largest absolute Gasteiger partial charge is 0.385 e. The van der Waals surface area contributed by atoms with Crippen LogP contribution in [0, 0.1) is 0 Å². The second kappa shape index (κ2) is 7.24. The number of aromatic amines is 1. The SMILES string of the molecule is CCNS(=O)(=O)c1ccc(NCCCc2ncc[nH]2)cc1. The normalized spacial score (nSPS) is 11.5. The average molecular weight is 308 g/mol. The summed E-state index contributed by atoms with van der Waals surface area (Å²) in [7, 11) is -3.37. The number of imidazole rings is 1. The minimum Gasteiger partial charge on any atom is -0.385 e. The molecular weight excluding hydrogens is 288 g/mol. The van der Waals surface area contributed by atoms with Gasteiger partial charge in [0.1, 0.15) is 5.82 Å². The van der Waals surface area contributed by atoms with Crippen LogP contribution < -0.4 is 10.0 Å². The van der Waals surface area contributed by atoms with Crippen molar-refractivity contribution in [2.24, 2.45) is 0 Å². The Labute approximate surface area is 125 Å². The minimum atomic E-state index is -3.37. The summed E-state index contributed by atoms with van der Waals surface area (Å²) in [5, 5.41) is 3.26. The molecule has 0 radical (unpaired) electrons. The molecular formula is C14H20N4O2S. The number of H-pyrrole nitrogens is 1. The fraction of sp³-hybridized carbons (Fsp3) is 0.357. The molecule has 3 N–H and O–H groups in total. The van der Waals surface area contributed by atoms with Crippen molar-refractivity contribution in [3.8, 4) is 0 Å². The van der Waals surface area contributed by atoms with Gasteiger partial charge in [-0.25, -0.2) is 18.1 Å². The Hall–Kier alpha value is -1.86. The zero-order valence-electron chi connectivity index (χ0n) is 12.0. The standard InChI is InChI=1S/C14H20N4O2S/c1-2-18-21(19,20)13-7-5-12(6-8-13)15-9-3-4-14-16-10-11-17-14/h5-8,10-11,15,18H,2-4,9H2,1H3,(H,16,17). The molecule has 0 fully saturated rings. The van der Waals surface area contributed by atoms with E-state index in [-0.39, 0.29) is 4.90 Å². The maximum absolute atomic E-state index is 11.8. The van der Waals surface area contributed by atoms with Crippen LogP contribution in [0.3, 0.4) is 0 Å². The molecule has 0 unspecified atom stereocenters. The van der Waals surface area contributed by atoms with Crippen LogP contribution in [0.15, 0.2) is 41.6 Å². The number of hydrogen-bond donors (Lipinski definition) is 3. The highest BCUT2D eigenvalue weighted by Gasteiger charge is 2.11. The lowest BCUT2D eigenvalue weighted by atomic mass is 10.2. The molecule has 0 spiro atoms. The number of anilines is 1. The lowest BCUT2D eigenvalue weighted by Crippen LogP contribution is -2.23. The molecule has 21 heavy (non-hydrogen) atoms. The van der Waals surface area contributed by atoms with Crippen molar-refractivity contribution in [1.29, 1.82) is 0 Å². The first-order valence-electron chi connectivity index (χ1n) is 6.93. The summed E-state index contributed by atoms with van der Waals surface area (Å²) >= 11 is 0. The third-order valence-electron chi connectivity index (χ3n) is 2.97. The predicted octanol–water partition coefficient (Wildman–Crippen LogP) is 1.75. The molecule has 0 saturated heterocycles. The van der Waals surface area contributed by atoms with Gasteiger partial charge in [0.15, 0.2) is 0 Å². The summed E-state index contributed by atoms with van der Waals surface area (Å²) in [5.74, 6) is 0.976. The van der Waals surface area contributed by atoms with E-state index in [0.29, 0.717) is 6.54 Å². The maximum atomic E-state index is 11.8. The molecule has 0 amide bonds. The third-order valence-corrected chi connectivity index (χ3v) is 4.53. The average Bonchev–Trinajstić information content (AvgIpc) is 2.97. The molecule has 0 saturated carbocycles. The summed E-state index contributed by atoms with van der Waals surface area (Å²) < 4.78 is 26.1. The van der Waals surface area contributed by atoms with E-state index in [4.69, 9.17) is 0 Å². The molecule has 0 aliphatic carbocycles. The van der Waals surface area contributed by atoms with E-state index in [1.807, 2.05) is 6.20 Å². The molecule has 1 aromatic carbocycles. The summed E-state index contributed by atoms with van der Waals surface area (Å²) in [6, 6.07) is 6.76. The smallest absolute Gasteiger partial charge is 0.240 e. The van der Waals surface area contributed by atoms with E-state index in [9.17, 15) is 8.42 Å². The molecule has 0 aliphatic rings. The van der Waals surface area contributed by atoms with Crippen LogP contribution >= 0.6 is 0 Å². The fourth-order valence-corrected chi connectivity index (χ4v) is 2.99. The molecule has 7 heteroatoms. The van der Waals surface area contributed by atoms with E-state index >= 15 is 0 Å². The number of hydrogen-bond acceptors (Lipinski definition) is 4. The van der Waals surface area contributed by atoms with Gasteiger partial charge in [-0.15, -0.1) is 0 Å². The van der Waals surface area contributed by atoms with Crippen LogP contribution in [0.4, 0.5) is 5.69 Å². The van der Waals surface area contributed by atoms with Gasteiger partial charge in [-0.05, 0) is 30.7 Å². The Balaban J connectivity index is 1.82. The highest BCUT2D eigenvalue weighted by atomic mass is 32.2. The number of benzene rings is 1. The maximum Gasteiger partial charge on any atom is 0.240 e. The van der Waals surface area contributed by atoms with Crippen LogP contribution in [0.5, 0.6) is 0 Å². The Morgan fingerprint density at radius 2 is 2.00 bits per heavy atom. The highest BCUT2D eigenvalue weighted by molar-refractivity contribution is 7.89. The van der Waals surface area contributed by atoms with E-state index in [1.165, 1.54) is 0 Å². The molecule has 0 aliphatic heterocycles. The topological polar surface area (TPSA) is 86.9 Å². The van der Waals surface area contributed by atoms with E-state index in [1.54, 1.807) is 37.4 Å². The molecule has 1 heterocycles. The Morgan fingerprint density at radius 3 is 2.62 bits per heavy atom. The van der Waals surface area contributed by atoms with Gasteiger partial charge in [-0.2, -0.15) is 0 Å². The van der Waals surface area contributed by atoms with Crippen LogP contribution in [-0.4, -0.2) is 31.5 Å². The summed E-state index contributed by atoms with van der Waals surface area (Å²) in [6.45, 7) is 2.95. The van der Waals surface area contributed by atoms with Gasteiger partial charge in [0.2, 0.25) is 10.0 Å². The first-order chi connectivity index (χ1) is 10.1. The first-order valence-corrected chi connectivity index (χ1v) is 8.42. The number of sulfonamides is 1. The van der Waals surface area contributed by atoms with E-state index in [0.717, 1.165) is 30.9 Å². The first kappa shape index (κ1) is 15.5. The zero-order valence-corrected chi connectivity index (χ0v) is 12.8. The Morgan fingerprint density at radius 1 is 1.24 bits per heavy atom. The van der Waals surface area contributed by atoms with Gasteiger partial charge in [0.25, 0.3) is 0 Å². The van der Waals surface area contributed by atoms with Gasteiger partial charge in [0.05, 0.1) is 4.90 Å². The Kier molecular flexibility index (Phi) is 5.35. The molecule has 2 rings (SSSR count). The van der Waals surface area contributed by atoms with Gasteiger partial charge in [0, 0.05) is 37.6 Å². The summed E-state index contributed by atoms with van der Waals surface area (Å²) in [5.41, 5.74) is 0.907. The lowest BCUT2D eigenvalue weighted by Gasteiger charge is -2.08. The van der Waals surface area contributed by atoms with Crippen molar-refractivity contribution in [2.45, 2.75) is 24.7 Å². The van der Waals surface area contributed by atoms with Gasteiger partial charge >= 0.3 is 0 Å². The monoisotopic (exact) mass is 308 g/mol. The molecule has 6 nitrogen and oxygen atoms in total. The van der Waals surface area contributed by atoms with Gasteiger partial charge < -0.3 is 10.3 Å². The lowest BCUT2D eigenvalue weighted by molar-refractivity contribution is 0.584. The second-order valence-electron chi connectivity index (χ2n) is 4.59. The van der Waals surface area contributed by atoms with Gasteiger partial charge in [-0.3, -0.25) is 0 Å². The van der Waals surface area contributed by atoms with Crippen LogP contribution in [-0.2, 0) is 16.4 Å². The number of aryl methyl sites for hydroxylation is 1. The zero-order chi connectivity index (χ0) is 15.1. The van der Waals surface area contributed by atoms with Crippen molar-refractivity contribution in [1.82, 2.24) is 14.7 Å². The number of nitrogens with zero attached hydrogens (tertiary/aromatic N) is 1. The van der Waals surface area contributed by atoms with Crippen LogP contribution in [0.25, 0.3) is 0 Å². The molecule has 0 bridgehead atoms. The third kappa shape index (κ3) is 4.57. The van der Waals surface area contributed by atoms with Crippen molar-refractivity contribution < 1.29 is 8.42 Å². The second-order valence-corrected chi connectivity index (χ2v) is 6.36. The fourth-order valence-electron chi connectivity index (χ4n) is 1.95. The van der Waals surface area contributed by atoms with Crippen molar-refractivity contribution in [2.75, 3.05) is 18.4 Å². The molecule has 1 aromatic heterocycles. The van der Waals surface area contributed by atoms with Crippen molar-refractivity contribution >= 4 is 15.7 Å². The number of aromatic nitrogens is 2. The molecule has 2 aromatic rings. The van der Waals surface area contributed by atoms with Gasteiger partial charge in [-0.1, -0.05) is 6.92 Å².